The molecule has 0 amide bonds. The number of hydrogen-bond acceptors (Lipinski definition) is 6. The van der Waals surface area contributed by atoms with Gasteiger partial charge < -0.3 is 14.2 Å². The molecule has 0 N–H and O–H groups in total. The molecule has 0 spiro atoms. The van der Waals surface area contributed by atoms with Crippen LogP contribution in [0.15, 0.2) is 48.6 Å². The third-order valence-electron chi connectivity index (χ3n) is 11.6. The van der Waals surface area contributed by atoms with Crippen LogP contribution in [-0.2, 0) is 28.6 Å². The highest BCUT2D eigenvalue weighted by atomic mass is 16.6. The van der Waals surface area contributed by atoms with Gasteiger partial charge in [0.25, 0.3) is 0 Å². The Kier molecular flexibility index (Phi) is 48.8. The quantitative estimate of drug-likeness (QED) is 0.0262. The van der Waals surface area contributed by atoms with Crippen molar-refractivity contribution in [2.24, 2.45) is 0 Å². The second-order valence-electron chi connectivity index (χ2n) is 17.8. The van der Waals surface area contributed by atoms with Crippen molar-refractivity contribution < 1.29 is 28.6 Å². The maximum atomic E-state index is 12.8. The van der Waals surface area contributed by atoms with E-state index in [0.717, 1.165) is 96.3 Å². The van der Waals surface area contributed by atoms with Gasteiger partial charge in [-0.05, 0) is 77.0 Å². The van der Waals surface area contributed by atoms with Crippen molar-refractivity contribution in [2.75, 3.05) is 13.2 Å². The number of ether oxygens (including phenoxy) is 3. The first-order chi connectivity index (χ1) is 30.5. The van der Waals surface area contributed by atoms with Crippen molar-refractivity contribution in [3.8, 4) is 0 Å². The predicted octanol–water partition coefficient (Wildman–Crippen LogP) is 17.5. The minimum Gasteiger partial charge on any atom is -0.462 e. The summed E-state index contributed by atoms with van der Waals surface area (Å²) in [6, 6.07) is 0. The van der Waals surface area contributed by atoms with Crippen LogP contribution in [0.25, 0.3) is 0 Å². The molecule has 1 atom stereocenters. The van der Waals surface area contributed by atoms with Crippen LogP contribution in [0.3, 0.4) is 0 Å². The zero-order valence-electron chi connectivity index (χ0n) is 41.1. The monoisotopic (exact) mass is 869 g/mol. The Balaban J connectivity index is 4.37. The third kappa shape index (κ3) is 48.4. The van der Waals surface area contributed by atoms with Crippen LogP contribution in [-0.4, -0.2) is 37.2 Å². The molecule has 0 aliphatic rings. The first kappa shape index (κ1) is 59.4. The number of hydrogen-bond donors (Lipinski definition) is 0. The first-order valence-corrected chi connectivity index (χ1v) is 26.6. The van der Waals surface area contributed by atoms with E-state index in [9.17, 15) is 14.4 Å². The Morgan fingerprint density at radius 1 is 0.339 bits per heavy atom. The molecule has 0 saturated carbocycles. The van der Waals surface area contributed by atoms with Gasteiger partial charge >= 0.3 is 17.9 Å². The summed E-state index contributed by atoms with van der Waals surface area (Å²) in [5.41, 5.74) is 0. The number of unbranched alkanes of at least 4 members (excludes halogenated alkanes) is 29. The maximum absolute atomic E-state index is 12.8. The van der Waals surface area contributed by atoms with Crippen LogP contribution < -0.4 is 0 Å². The van der Waals surface area contributed by atoms with Crippen LogP contribution >= 0.6 is 0 Å². The molecule has 0 radical (unpaired) electrons. The molecular formula is C56H100O6. The smallest absolute Gasteiger partial charge is 0.306 e. The summed E-state index contributed by atoms with van der Waals surface area (Å²) in [5, 5.41) is 0. The van der Waals surface area contributed by atoms with E-state index in [2.05, 4.69) is 69.4 Å². The van der Waals surface area contributed by atoms with Crippen LogP contribution in [0, 0.1) is 0 Å². The Bertz CT molecular complexity index is 1090. The lowest BCUT2D eigenvalue weighted by atomic mass is 10.0. The van der Waals surface area contributed by atoms with E-state index in [0.29, 0.717) is 19.3 Å². The van der Waals surface area contributed by atoms with Crippen molar-refractivity contribution in [1.82, 2.24) is 0 Å². The highest BCUT2D eigenvalue weighted by Crippen LogP contribution is 2.15. The fourth-order valence-electron chi connectivity index (χ4n) is 7.57. The highest BCUT2D eigenvalue weighted by Gasteiger charge is 2.19. The number of carbonyl (C=O) groups excluding carboxylic acids is 3. The molecular weight excluding hydrogens is 769 g/mol. The third-order valence-corrected chi connectivity index (χ3v) is 11.6. The van der Waals surface area contributed by atoms with Gasteiger partial charge in [0.2, 0.25) is 0 Å². The van der Waals surface area contributed by atoms with Crippen molar-refractivity contribution in [2.45, 2.75) is 277 Å². The lowest BCUT2D eigenvalue weighted by molar-refractivity contribution is -0.167. The fourth-order valence-corrected chi connectivity index (χ4v) is 7.57. The molecule has 0 aromatic heterocycles. The lowest BCUT2D eigenvalue weighted by Gasteiger charge is -2.18. The summed E-state index contributed by atoms with van der Waals surface area (Å²) in [5.74, 6) is -0.886. The maximum Gasteiger partial charge on any atom is 0.306 e. The van der Waals surface area contributed by atoms with Gasteiger partial charge in [0.1, 0.15) is 13.2 Å². The van der Waals surface area contributed by atoms with Crippen molar-refractivity contribution in [3.63, 3.8) is 0 Å². The largest absolute Gasteiger partial charge is 0.462 e. The summed E-state index contributed by atoms with van der Waals surface area (Å²) in [6.07, 6.45) is 60.9. The van der Waals surface area contributed by atoms with E-state index >= 15 is 0 Å². The summed E-state index contributed by atoms with van der Waals surface area (Å²) >= 11 is 0. The Morgan fingerprint density at radius 2 is 0.629 bits per heavy atom. The molecule has 0 bridgehead atoms. The van der Waals surface area contributed by atoms with E-state index in [1.807, 2.05) is 0 Å². The number of carbonyl (C=O) groups is 3. The molecule has 6 nitrogen and oxygen atoms in total. The van der Waals surface area contributed by atoms with E-state index < -0.39 is 6.10 Å². The van der Waals surface area contributed by atoms with E-state index in [-0.39, 0.29) is 31.1 Å². The normalized spacial score (nSPS) is 12.4. The summed E-state index contributed by atoms with van der Waals surface area (Å²) in [4.78, 5) is 38.0. The van der Waals surface area contributed by atoms with Gasteiger partial charge in [0.05, 0.1) is 0 Å². The summed E-state index contributed by atoms with van der Waals surface area (Å²) in [6.45, 7) is 6.52. The molecule has 0 rings (SSSR count). The van der Waals surface area contributed by atoms with Gasteiger partial charge in [-0.1, -0.05) is 223 Å². The second-order valence-corrected chi connectivity index (χ2v) is 17.8. The molecule has 62 heavy (non-hydrogen) atoms. The average Bonchev–Trinajstić information content (AvgIpc) is 3.27. The van der Waals surface area contributed by atoms with Gasteiger partial charge in [-0.2, -0.15) is 0 Å². The Hall–Kier alpha value is -2.63. The number of esters is 3. The molecule has 0 fully saturated rings. The Morgan fingerprint density at radius 3 is 1.00 bits per heavy atom. The van der Waals surface area contributed by atoms with E-state index in [4.69, 9.17) is 14.2 Å². The average molecular weight is 869 g/mol. The van der Waals surface area contributed by atoms with Crippen molar-refractivity contribution in [1.29, 1.82) is 0 Å². The Labute approximate surface area is 384 Å². The molecule has 0 saturated heterocycles. The summed E-state index contributed by atoms with van der Waals surface area (Å²) < 4.78 is 16.8. The molecule has 6 heteroatoms. The van der Waals surface area contributed by atoms with Crippen LogP contribution in [0.5, 0.6) is 0 Å². The van der Waals surface area contributed by atoms with Crippen molar-refractivity contribution >= 4 is 17.9 Å². The van der Waals surface area contributed by atoms with E-state index in [1.165, 1.54) is 135 Å². The van der Waals surface area contributed by atoms with Crippen molar-refractivity contribution in [3.05, 3.63) is 48.6 Å². The number of allylic oxidation sites excluding steroid dienone is 8. The van der Waals surface area contributed by atoms with Crippen LogP contribution in [0.2, 0.25) is 0 Å². The molecule has 0 aromatic rings. The minimum absolute atomic E-state index is 0.0770. The molecule has 0 heterocycles. The SMILES string of the molecule is CC/C=C\C/C=C\C/C=C\CCCCCCCCCC(=O)OCC(COC(=O)CCCCCCCCCCCCCCC)OC(=O)CCCCCCC/C=C\CCCCCCC. The van der Waals surface area contributed by atoms with Gasteiger partial charge in [0, 0.05) is 19.3 Å². The first-order valence-electron chi connectivity index (χ1n) is 26.6. The zero-order valence-corrected chi connectivity index (χ0v) is 41.1. The second kappa shape index (κ2) is 51.0. The standard InChI is InChI=1S/C56H100O6/c1-4-7-10-13-16-19-22-25-27-28-29-32-34-37-40-43-46-49-55(58)61-52-53(51-60-54(57)48-45-42-39-36-33-30-24-21-18-15-12-9-6-3)62-56(59)50-47-44-41-38-35-31-26-23-20-17-14-11-8-5-2/h7,10,16,19,23,25-27,53H,4-6,8-9,11-15,17-18,20-22,24,28-52H2,1-3H3/b10-7-,19-16-,26-23-,27-25-. The van der Waals surface area contributed by atoms with Gasteiger partial charge in [-0.25, -0.2) is 0 Å². The van der Waals surface area contributed by atoms with Crippen LogP contribution in [0.1, 0.15) is 271 Å². The summed E-state index contributed by atoms with van der Waals surface area (Å²) in [7, 11) is 0. The van der Waals surface area contributed by atoms with Crippen LogP contribution in [0.4, 0.5) is 0 Å². The topological polar surface area (TPSA) is 78.9 Å². The minimum atomic E-state index is -0.778. The molecule has 0 aliphatic carbocycles. The molecule has 1 unspecified atom stereocenters. The highest BCUT2D eigenvalue weighted by molar-refractivity contribution is 5.71. The van der Waals surface area contributed by atoms with Gasteiger partial charge in [-0.3, -0.25) is 14.4 Å². The number of rotatable bonds is 48. The fraction of sp³-hybridized carbons (Fsp3) is 0.804. The molecule has 0 aliphatic heterocycles. The molecule has 360 valence electrons. The zero-order chi connectivity index (χ0) is 45.1. The molecule has 0 aromatic carbocycles. The lowest BCUT2D eigenvalue weighted by Crippen LogP contribution is -2.30. The predicted molar refractivity (Wildman–Crippen MR) is 265 cm³/mol. The van der Waals surface area contributed by atoms with E-state index in [1.54, 1.807) is 0 Å². The van der Waals surface area contributed by atoms with Gasteiger partial charge in [0.15, 0.2) is 6.10 Å². The van der Waals surface area contributed by atoms with Gasteiger partial charge in [-0.15, -0.1) is 0 Å².